The number of hydrogen-bond donors (Lipinski definition) is 2. The highest BCUT2D eigenvalue weighted by Crippen LogP contribution is 2.20. The molecule has 2 N–H and O–H groups in total. The van der Waals surface area contributed by atoms with Crippen LogP contribution in [0.1, 0.15) is 31.2 Å². The maximum absolute atomic E-state index is 10.8. The first-order chi connectivity index (χ1) is 10.5. The van der Waals surface area contributed by atoms with Crippen molar-refractivity contribution in [1.29, 1.82) is 0 Å². The maximum Gasteiger partial charge on any atom is 0.317 e. The lowest BCUT2D eigenvalue weighted by Crippen LogP contribution is -2.37. The lowest BCUT2D eigenvalue weighted by molar-refractivity contribution is -0.138. The van der Waals surface area contributed by atoms with Crippen molar-refractivity contribution < 1.29 is 14.7 Å². The van der Waals surface area contributed by atoms with Gasteiger partial charge < -0.3 is 10.4 Å². The Hall–Kier alpha value is -2.02. The summed E-state index contributed by atoms with van der Waals surface area (Å²) in [7, 11) is 0. The zero-order valence-corrected chi connectivity index (χ0v) is 12.8. The van der Waals surface area contributed by atoms with Crippen molar-refractivity contribution in [3.05, 3.63) is 23.8 Å². The molecule has 1 saturated heterocycles. The minimum Gasteiger partial charge on any atom is -0.480 e. The number of amides is 1. The number of carbonyl (C=O) groups excluding carboxylic acids is 1. The molecule has 7 heteroatoms. The van der Waals surface area contributed by atoms with Crippen molar-refractivity contribution in [3.63, 3.8) is 0 Å². The zero-order chi connectivity index (χ0) is 15.9. The fourth-order valence-electron chi connectivity index (χ4n) is 2.63. The topological polar surface area (TPSA) is 95.4 Å². The van der Waals surface area contributed by atoms with Gasteiger partial charge in [0.2, 0.25) is 5.91 Å². The number of piperidine rings is 1. The molecule has 1 aromatic rings. The minimum absolute atomic E-state index is 0.0843. The van der Waals surface area contributed by atoms with E-state index in [0.717, 1.165) is 43.7 Å². The van der Waals surface area contributed by atoms with Crippen LogP contribution in [0.25, 0.3) is 0 Å². The largest absolute Gasteiger partial charge is 0.480 e. The smallest absolute Gasteiger partial charge is 0.317 e. The van der Waals surface area contributed by atoms with E-state index in [-0.39, 0.29) is 12.5 Å². The van der Waals surface area contributed by atoms with Crippen molar-refractivity contribution in [2.75, 3.05) is 19.6 Å². The van der Waals surface area contributed by atoms with E-state index in [9.17, 15) is 9.59 Å². The summed E-state index contributed by atoms with van der Waals surface area (Å²) in [4.78, 5) is 32.2. The molecule has 1 aliphatic heterocycles. The Labute approximate surface area is 129 Å². The van der Waals surface area contributed by atoms with E-state index < -0.39 is 5.97 Å². The van der Waals surface area contributed by atoms with E-state index in [1.54, 1.807) is 12.4 Å². The van der Waals surface area contributed by atoms with Crippen LogP contribution < -0.4 is 5.32 Å². The highest BCUT2D eigenvalue weighted by Gasteiger charge is 2.21. The molecule has 1 fully saturated rings. The Balaban J connectivity index is 1.77. The molecule has 1 aromatic heterocycles. The first-order valence-electron chi connectivity index (χ1n) is 7.51. The van der Waals surface area contributed by atoms with E-state index in [1.807, 2.05) is 4.90 Å². The van der Waals surface area contributed by atoms with E-state index in [4.69, 9.17) is 5.11 Å². The second kappa shape index (κ2) is 7.84. The molecule has 0 unspecified atom stereocenters. The van der Waals surface area contributed by atoms with Gasteiger partial charge in [0.25, 0.3) is 0 Å². The van der Waals surface area contributed by atoms with Crippen LogP contribution in [0.3, 0.4) is 0 Å². The van der Waals surface area contributed by atoms with Gasteiger partial charge in [-0.05, 0) is 38.3 Å². The Morgan fingerprint density at radius 1 is 1.27 bits per heavy atom. The van der Waals surface area contributed by atoms with Gasteiger partial charge in [0.15, 0.2) is 0 Å². The monoisotopic (exact) mass is 306 g/mol. The van der Waals surface area contributed by atoms with Gasteiger partial charge in [-0.2, -0.15) is 0 Å². The van der Waals surface area contributed by atoms with Gasteiger partial charge in [0.1, 0.15) is 0 Å². The van der Waals surface area contributed by atoms with E-state index >= 15 is 0 Å². The van der Waals surface area contributed by atoms with Crippen molar-refractivity contribution in [2.24, 2.45) is 5.92 Å². The Morgan fingerprint density at radius 3 is 2.45 bits per heavy atom. The van der Waals surface area contributed by atoms with Crippen molar-refractivity contribution in [3.8, 4) is 0 Å². The van der Waals surface area contributed by atoms with Crippen LogP contribution in [-0.2, 0) is 22.6 Å². The molecule has 2 heterocycles. The van der Waals surface area contributed by atoms with Crippen LogP contribution in [0.2, 0.25) is 0 Å². The molecular formula is C15H22N4O3. The third-order valence-electron chi connectivity index (χ3n) is 3.84. The molecule has 7 nitrogen and oxygen atoms in total. The molecule has 1 aliphatic rings. The molecule has 0 saturated carbocycles. The van der Waals surface area contributed by atoms with Crippen LogP contribution >= 0.6 is 0 Å². The third-order valence-corrected chi connectivity index (χ3v) is 3.84. The van der Waals surface area contributed by atoms with E-state index in [0.29, 0.717) is 12.5 Å². The van der Waals surface area contributed by atoms with Crippen LogP contribution in [0, 0.1) is 5.92 Å². The predicted octanol–water partition coefficient (Wildman–Crippen LogP) is 0.452. The van der Waals surface area contributed by atoms with Crippen LogP contribution in [0.15, 0.2) is 12.4 Å². The average molecular weight is 306 g/mol. The SMILES string of the molecule is CC(=O)NCc1cnc(CC2CCN(CC(=O)O)CC2)cn1. The number of likely N-dealkylation sites (tertiary alicyclic amines) is 1. The fourth-order valence-corrected chi connectivity index (χ4v) is 2.63. The van der Waals surface area contributed by atoms with E-state index in [1.165, 1.54) is 6.92 Å². The fraction of sp³-hybridized carbons (Fsp3) is 0.600. The lowest BCUT2D eigenvalue weighted by Gasteiger charge is -2.30. The summed E-state index contributed by atoms with van der Waals surface area (Å²) in [5.74, 6) is -0.321. The molecule has 0 aromatic carbocycles. The normalized spacial score (nSPS) is 16.4. The summed E-state index contributed by atoms with van der Waals surface area (Å²) in [5.41, 5.74) is 1.69. The minimum atomic E-state index is -0.765. The van der Waals surface area contributed by atoms with Crippen molar-refractivity contribution in [2.45, 2.75) is 32.7 Å². The van der Waals surface area contributed by atoms with E-state index in [2.05, 4.69) is 15.3 Å². The number of nitrogens with one attached hydrogen (secondary N) is 1. The summed E-state index contributed by atoms with van der Waals surface area (Å²) in [6, 6.07) is 0. The van der Waals surface area contributed by atoms with Crippen LogP contribution in [-0.4, -0.2) is 51.5 Å². The Kier molecular flexibility index (Phi) is 5.83. The summed E-state index contributed by atoms with van der Waals surface area (Å²) in [5, 5.41) is 11.5. The Bertz CT molecular complexity index is 510. The highest BCUT2D eigenvalue weighted by atomic mass is 16.4. The molecule has 0 radical (unpaired) electrons. The van der Waals surface area contributed by atoms with Gasteiger partial charge in [0, 0.05) is 13.1 Å². The summed E-state index contributed by atoms with van der Waals surface area (Å²) in [6.07, 6.45) is 6.31. The summed E-state index contributed by atoms with van der Waals surface area (Å²) < 4.78 is 0. The molecule has 2 rings (SSSR count). The number of rotatable bonds is 6. The third kappa shape index (κ3) is 5.40. The van der Waals surface area contributed by atoms with Gasteiger partial charge in [-0.3, -0.25) is 24.5 Å². The second-order valence-electron chi connectivity index (χ2n) is 5.73. The molecule has 120 valence electrons. The van der Waals surface area contributed by atoms with Gasteiger partial charge in [-0.25, -0.2) is 0 Å². The first-order valence-corrected chi connectivity index (χ1v) is 7.51. The molecule has 0 spiro atoms. The van der Waals surface area contributed by atoms with Crippen molar-refractivity contribution >= 4 is 11.9 Å². The van der Waals surface area contributed by atoms with Crippen molar-refractivity contribution in [1.82, 2.24) is 20.2 Å². The summed E-state index contributed by atoms with van der Waals surface area (Å²) >= 11 is 0. The number of carboxylic acids is 1. The molecule has 0 atom stereocenters. The standard InChI is InChI=1S/C15H22N4O3/c1-11(20)16-8-14-9-17-13(7-18-14)6-12-2-4-19(5-3-12)10-15(21)22/h7,9,12H,2-6,8,10H2,1H3,(H,16,20)(H,21,22). The van der Waals surface area contributed by atoms with Crippen LogP contribution in [0.5, 0.6) is 0 Å². The number of aromatic nitrogens is 2. The Morgan fingerprint density at radius 2 is 1.91 bits per heavy atom. The second-order valence-corrected chi connectivity index (χ2v) is 5.73. The maximum atomic E-state index is 10.8. The van der Waals surface area contributed by atoms with Gasteiger partial charge >= 0.3 is 5.97 Å². The lowest BCUT2D eigenvalue weighted by atomic mass is 9.92. The first kappa shape index (κ1) is 16.4. The number of carboxylic acid groups (broad SMARTS) is 1. The van der Waals surface area contributed by atoms with Gasteiger partial charge in [-0.15, -0.1) is 0 Å². The number of nitrogens with zero attached hydrogens (tertiary/aromatic N) is 3. The molecule has 0 aliphatic carbocycles. The summed E-state index contributed by atoms with van der Waals surface area (Å²) in [6.45, 7) is 3.65. The predicted molar refractivity (Wildman–Crippen MR) is 80.1 cm³/mol. The number of carbonyl (C=O) groups is 2. The quantitative estimate of drug-likeness (QED) is 0.792. The number of aliphatic carboxylic acids is 1. The average Bonchev–Trinajstić information content (AvgIpc) is 2.48. The zero-order valence-electron chi connectivity index (χ0n) is 12.8. The molecule has 0 bridgehead atoms. The number of hydrogen-bond acceptors (Lipinski definition) is 5. The van der Waals surface area contributed by atoms with Crippen LogP contribution in [0.4, 0.5) is 0 Å². The highest BCUT2D eigenvalue weighted by molar-refractivity contribution is 5.72. The van der Waals surface area contributed by atoms with Gasteiger partial charge in [0.05, 0.1) is 30.7 Å². The van der Waals surface area contributed by atoms with Gasteiger partial charge in [-0.1, -0.05) is 0 Å². The molecular weight excluding hydrogens is 284 g/mol. The molecule has 1 amide bonds. The molecule has 22 heavy (non-hydrogen) atoms.